The molecule has 1 N–H and O–H groups in total. The highest BCUT2D eigenvalue weighted by atomic mass is 32.2. The average Bonchev–Trinajstić information content (AvgIpc) is 2.99. The number of hydrogen-bond acceptors (Lipinski definition) is 3. The molecule has 2 aliphatic rings. The van der Waals surface area contributed by atoms with Gasteiger partial charge in [-0.05, 0) is 50.6 Å². The molecule has 20 heavy (non-hydrogen) atoms. The lowest BCUT2D eigenvalue weighted by Crippen LogP contribution is -2.60. The summed E-state index contributed by atoms with van der Waals surface area (Å²) in [5, 5.41) is 3.78. The summed E-state index contributed by atoms with van der Waals surface area (Å²) in [7, 11) is 0. The van der Waals surface area contributed by atoms with Crippen LogP contribution in [0.4, 0.5) is 5.69 Å². The summed E-state index contributed by atoms with van der Waals surface area (Å²) in [5.74, 6) is 0. The van der Waals surface area contributed by atoms with Gasteiger partial charge in [-0.15, -0.1) is 11.8 Å². The number of rotatable bonds is 5. The molecule has 0 bridgehead atoms. The molecule has 2 fully saturated rings. The highest BCUT2D eigenvalue weighted by Gasteiger charge is 2.56. The lowest BCUT2D eigenvalue weighted by molar-refractivity contribution is -0.114. The fourth-order valence-electron chi connectivity index (χ4n) is 4.00. The number of thioether (sulfide) groups is 1. The molecule has 0 heterocycles. The molecular weight excluding hydrogens is 266 g/mol. The first-order valence-electron chi connectivity index (χ1n) is 7.80. The minimum absolute atomic E-state index is 0.408. The average molecular weight is 291 g/mol. The molecule has 0 aliphatic heterocycles. The van der Waals surface area contributed by atoms with Crippen molar-refractivity contribution < 1.29 is 4.74 Å². The van der Waals surface area contributed by atoms with Crippen molar-refractivity contribution in [2.75, 3.05) is 18.2 Å². The smallest absolute Gasteiger partial charge is 0.0670 e. The van der Waals surface area contributed by atoms with E-state index in [9.17, 15) is 0 Å². The highest BCUT2D eigenvalue weighted by molar-refractivity contribution is 7.98. The molecule has 2 aliphatic carbocycles. The number of hydrogen-bond donors (Lipinski definition) is 1. The lowest BCUT2D eigenvalue weighted by atomic mass is 9.60. The first-order chi connectivity index (χ1) is 9.78. The molecule has 2 saturated carbocycles. The van der Waals surface area contributed by atoms with Crippen molar-refractivity contribution in [3.63, 3.8) is 0 Å². The number of anilines is 1. The van der Waals surface area contributed by atoms with Gasteiger partial charge in [-0.1, -0.05) is 18.9 Å². The Morgan fingerprint density at radius 1 is 1.35 bits per heavy atom. The second kappa shape index (κ2) is 5.98. The van der Waals surface area contributed by atoms with Crippen LogP contribution in [0.15, 0.2) is 29.2 Å². The number of nitrogens with one attached hydrogen (secondary N) is 1. The summed E-state index contributed by atoms with van der Waals surface area (Å²) in [5.41, 5.74) is 1.67. The van der Waals surface area contributed by atoms with Gasteiger partial charge in [-0.25, -0.2) is 0 Å². The summed E-state index contributed by atoms with van der Waals surface area (Å²) < 4.78 is 5.98. The quantitative estimate of drug-likeness (QED) is 0.804. The minimum atomic E-state index is 0.408. The molecule has 1 aromatic rings. The van der Waals surface area contributed by atoms with Gasteiger partial charge in [0.15, 0.2) is 0 Å². The van der Waals surface area contributed by atoms with Gasteiger partial charge in [0.25, 0.3) is 0 Å². The van der Waals surface area contributed by atoms with E-state index in [1.54, 1.807) is 11.8 Å². The van der Waals surface area contributed by atoms with E-state index in [0.717, 1.165) is 13.0 Å². The summed E-state index contributed by atoms with van der Waals surface area (Å²) in [6.45, 7) is 2.96. The largest absolute Gasteiger partial charge is 0.382 e. The van der Waals surface area contributed by atoms with Crippen molar-refractivity contribution in [2.24, 2.45) is 5.41 Å². The Kier molecular flexibility index (Phi) is 4.27. The standard InChI is InChI=1S/C17H25NOS/c1-3-19-16-12-15(17(16)9-4-5-10-17)18-13-7-6-8-14(11-13)20-2/h6-8,11,15-16,18H,3-5,9-10,12H2,1-2H3. The van der Waals surface area contributed by atoms with Crippen molar-refractivity contribution in [1.82, 2.24) is 0 Å². The van der Waals surface area contributed by atoms with Gasteiger partial charge in [0, 0.05) is 28.6 Å². The highest BCUT2D eigenvalue weighted by Crippen LogP contribution is 2.55. The van der Waals surface area contributed by atoms with E-state index in [4.69, 9.17) is 4.74 Å². The maximum absolute atomic E-state index is 5.98. The summed E-state index contributed by atoms with van der Waals surface area (Å²) in [6, 6.07) is 9.37. The van der Waals surface area contributed by atoms with Gasteiger partial charge < -0.3 is 10.1 Å². The third-order valence-corrected chi connectivity index (χ3v) is 5.82. The minimum Gasteiger partial charge on any atom is -0.382 e. The second-order valence-electron chi connectivity index (χ2n) is 6.05. The van der Waals surface area contributed by atoms with E-state index in [1.807, 2.05) is 0 Å². The first-order valence-corrected chi connectivity index (χ1v) is 9.03. The van der Waals surface area contributed by atoms with Crippen LogP contribution in [-0.4, -0.2) is 25.0 Å². The topological polar surface area (TPSA) is 21.3 Å². The van der Waals surface area contributed by atoms with Gasteiger partial charge in [0.05, 0.1) is 6.10 Å². The molecule has 2 unspecified atom stereocenters. The Bertz CT molecular complexity index is 456. The molecule has 0 aromatic heterocycles. The van der Waals surface area contributed by atoms with E-state index >= 15 is 0 Å². The Labute approximate surface area is 126 Å². The zero-order valence-electron chi connectivity index (χ0n) is 12.5. The molecule has 2 nitrogen and oxygen atoms in total. The summed E-state index contributed by atoms with van der Waals surface area (Å²) in [6.07, 6.45) is 9.17. The SMILES string of the molecule is CCOC1CC(Nc2cccc(SC)c2)C12CCCC2. The zero-order chi connectivity index (χ0) is 14.0. The van der Waals surface area contributed by atoms with Crippen molar-refractivity contribution >= 4 is 17.4 Å². The molecule has 0 amide bonds. The fraction of sp³-hybridized carbons (Fsp3) is 0.647. The summed E-state index contributed by atoms with van der Waals surface area (Å²) >= 11 is 1.80. The molecular formula is C17H25NOS. The molecule has 3 rings (SSSR count). The van der Waals surface area contributed by atoms with Crippen LogP contribution < -0.4 is 5.32 Å². The predicted octanol–water partition coefficient (Wildman–Crippen LogP) is 4.56. The molecule has 0 saturated heterocycles. The van der Waals surface area contributed by atoms with E-state index in [2.05, 4.69) is 42.8 Å². The van der Waals surface area contributed by atoms with Crippen LogP contribution in [-0.2, 0) is 4.74 Å². The van der Waals surface area contributed by atoms with E-state index in [-0.39, 0.29) is 0 Å². The Hall–Kier alpha value is -0.670. The van der Waals surface area contributed by atoms with Crippen molar-refractivity contribution in [2.45, 2.75) is 56.1 Å². The normalized spacial score (nSPS) is 27.5. The Morgan fingerprint density at radius 2 is 2.15 bits per heavy atom. The molecule has 2 atom stereocenters. The predicted molar refractivity (Wildman–Crippen MR) is 86.6 cm³/mol. The second-order valence-corrected chi connectivity index (χ2v) is 6.93. The molecule has 1 aromatic carbocycles. The van der Waals surface area contributed by atoms with E-state index in [1.165, 1.54) is 36.3 Å². The number of benzene rings is 1. The van der Waals surface area contributed by atoms with Gasteiger partial charge >= 0.3 is 0 Å². The first kappa shape index (κ1) is 14.3. The van der Waals surface area contributed by atoms with Crippen LogP contribution >= 0.6 is 11.8 Å². The van der Waals surface area contributed by atoms with Crippen LogP contribution in [0.3, 0.4) is 0 Å². The van der Waals surface area contributed by atoms with Gasteiger partial charge in [-0.3, -0.25) is 0 Å². The summed E-state index contributed by atoms with van der Waals surface area (Å²) in [4.78, 5) is 1.33. The van der Waals surface area contributed by atoms with Crippen molar-refractivity contribution in [3.8, 4) is 0 Å². The fourth-order valence-corrected chi connectivity index (χ4v) is 4.46. The maximum atomic E-state index is 5.98. The Morgan fingerprint density at radius 3 is 2.85 bits per heavy atom. The van der Waals surface area contributed by atoms with Gasteiger partial charge in [0.1, 0.15) is 0 Å². The molecule has 1 spiro atoms. The van der Waals surface area contributed by atoms with Gasteiger partial charge in [-0.2, -0.15) is 0 Å². The monoisotopic (exact) mass is 291 g/mol. The van der Waals surface area contributed by atoms with Crippen LogP contribution in [0.25, 0.3) is 0 Å². The number of ether oxygens (including phenoxy) is 1. The van der Waals surface area contributed by atoms with Gasteiger partial charge in [0.2, 0.25) is 0 Å². The lowest BCUT2D eigenvalue weighted by Gasteiger charge is -2.54. The van der Waals surface area contributed by atoms with Crippen LogP contribution in [0.1, 0.15) is 39.0 Å². The van der Waals surface area contributed by atoms with Crippen LogP contribution in [0.2, 0.25) is 0 Å². The van der Waals surface area contributed by atoms with Crippen LogP contribution in [0.5, 0.6) is 0 Å². The van der Waals surface area contributed by atoms with Crippen molar-refractivity contribution in [3.05, 3.63) is 24.3 Å². The molecule has 3 heteroatoms. The third kappa shape index (κ3) is 2.46. The van der Waals surface area contributed by atoms with E-state index < -0.39 is 0 Å². The van der Waals surface area contributed by atoms with Crippen molar-refractivity contribution in [1.29, 1.82) is 0 Å². The zero-order valence-corrected chi connectivity index (χ0v) is 13.3. The van der Waals surface area contributed by atoms with Crippen LogP contribution in [0, 0.1) is 5.41 Å². The third-order valence-electron chi connectivity index (χ3n) is 5.10. The maximum Gasteiger partial charge on any atom is 0.0670 e. The molecule has 0 radical (unpaired) electrons. The molecule has 110 valence electrons. The van der Waals surface area contributed by atoms with E-state index in [0.29, 0.717) is 17.6 Å². The Balaban J connectivity index is 1.71.